The van der Waals surface area contributed by atoms with Crippen molar-refractivity contribution in [3.63, 3.8) is 0 Å². The van der Waals surface area contributed by atoms with Crippen molar-refractivity contribution < 1.29 is 33.3 Å². The lowest BCUT2D eigenvalue weighted by Crippen LogP contribution is -2.38. The maximum atomic E-state index is 13.3. The lowest BCUT2D eigenvalue weighted by molar-refractivity contribution is -0.137. The number of fused-ring (bicyclic) bond motifs is 1. The Kier molecular flexibility index (Phi) is 5.81. The van der Waals surface area contributed by atoms with Gasteiger partial charge in [-0.1, -0.05) is 24.3 Å². The third-order valence-corrected chi connectivity index (χ3v) is 4.50. The summed E-state index contributed by atoms with van der Waals surface area (Å²) < 4.78 is 39.9. The molecule has 158 valence electrons. The fourth-order valence-electron chi connectivity index (χ4n) is 3.09. The monoisotopic (exact) mass is 422 g/mol. The fourth-order valence-corrected chi connectivity index (χ4v) is 3.09. The second kappa shape index (κ2) is 8.17. The van der Waals surface area contributed by atoms with Gasteiger partial charge < -0.3 is 20.3 Å². The Morgan fingerprint density at radius 3 is 2.47 bits per heavy atom. The largest absolute Gasteiger partial charge is 0.465 e. The number of rotatable bonds is 5. The van der Waals surface area contributed by atoms with E-state index in [4.69, 9.17) is 5.11 Å². The van der Waals surface area contributed by atoms with Crippen molar-refractivity contribution >= 4 is 22.6 Å². The molecule has 0 aliphatic carbocycles. The number of halogens is 3. The Bertz CT molecular complexity index is 1140. The predicted molar refractivity (Wildman–Crippen MR) is 103 cm³/mol. The predicted octanol–water partition coefficient (Wildman–Crippen LogP) is 3.05. The van der Waals surface area contributed by atoms with Gasteiger partial charge in [0, 0.05) is 22.3 Å². The van der Waals surface area contributed by atoms with Gasteiger partial charge in [-0.25, -0.2) is 4.79 Å². The van der Waals surface area contributed by atoms with Gasteiger partial charge in [-0.05, 0) is 29.7 Å². The van der Waals surface area contributed by atoms with Crippen LogP contribution in [-0.4, -0.2) is 45.7 Å². The molecule has 0 saturated carbocycles. The molecule has 10 heteroatoms. The van der Waals surface area contributed by atoms with Crippen molar-refractivity contribution in [2.75, 3.05) is 18.1 Å². The summed E-state index contributed by atoms with van der Waals surface area (Å²) in [6.07, 6.45) is -7.34. The number of hydrogen-bond donors (Lipinski definition) is 4. The summed E-state index contributed by atoms with van der Waals surface area (Å²) in [6, 6.07) is 10.2. The number of alkyl halides is 3. The van der Waals surface area contributed by atoms with Gasteiger partial charge in [0.2, 0.25) is 0 Å². The highest BCUT2D eigenvalue weighted by atomic mass is 19.4. The van der Waals surface area contributed by atoms with Gasteiger partial charge in [-0.2, -0.15) is 13.2 Å². The Balaban J connectivity index is 2.11. The Morgan fingerprint density at radius 1 is 1.13 bits per heavy atom. The molecule has 0 spiro atoms. The number of carboxylic acid groups (broad SMARTS) is 1. The first-order chi connectivity index (χ1) is 14.1. The van der Waals surface area contributed by atoms with Gasteiger partial charge in [0.05, 0.1) is 24.8 Å². The van der Waals surface area contributed by atoms with Gasteiger partial charge >= 0.3 is 12.3 Å². The molecule has 3 rings (SSSR count). The number of nitrogens with zero attached hydrogens (tertiary/aromatic N) is 1. The molecular formula is C20H17F3N2O5. The van der Waals surface area contributed by atoms with Crippen molar-refractivity contribution in [3.8, 4) is 11.3 Å². The Hall–Kier alpha value is -3.37. The van der Waals surface area contributed by atoms with Crippen LogP contribution in [0, 0.1) is 0 Å². The summed E-state index contributed by atoms with van der Waals surface area (Å²) in [5.41, 5.74) is -1.75. The molecule has 0 fully saturated rings. The minimum absolute atomic E-state index is 0.0287. The molecule has 30 heavy (non-hydrogen) atoms. The number of hydrogen-bond acceptors (Lipinski definition) is 4. The first-order valence-electron chi connectivity index (χ1n) is 8.75. The van der Waals surface area contributed by atoms with Crippen molar-refractivity contribution in [1.29, 1.82) is 0 Å². The van der Waals surface area contributed by atoms with Gasteiger partial charge in [0.15, 0.2) is 0 Å². The molecular weight excluding hydrogens is 405 g/mol. The Labute approximate surface area is 167 Å². The lowest BCUT2D eigenvalue weighted by atomic mass is 10.0. The minimum atomic E-state index is -4.61. The molecule has 0 radical (unpaired) electrons. The number of nitrogens with one attached hydrogen (secondary N) is 1. The smallest absolute Gasteiger partial charge is 0.417 e. The lowest BCUT2D eigenvalue weighted by Gasteiger charge is -2.22. The van der Waals surface area contributed by atoms with Crippen LogP contribution in [0.2, 0.25) is 0 Å². The topological polar surface area (TPSA) is 114 Å². The van der Waals surface area contributed by atoms with Crippen molar-refractivity contribution in [3.05, 3.63) is 64.4 Å². The van der Waals surface area contributed by atoms with Crippen LogP contribution in [0.15, 0.2) is 53.3 Å². The Morgan fingerprint density at radius 2 is 1.83 bits per heavy atom. The van der Waals surface area contributed by atoms with Gasteiger partial charge in [0.25, 0.3) is 5.56 Å². The zero-order valence-corrected chi connectivity index (χ0v) is 15.3. The van der Waals surface area contributed by atoms with E-state index >= 15 is 0 Å². The quantitative estimate of drug-likeness (QED) is 0.505. The van der Waals surface area contributed by atoms with Gasteiger partial charge in [-0.15, -0.1) is 0 Å². The van der Waals surface area contributed by atoms with E-state index in [-0.39, 0.29) is 22.3 Å². The van der Waals surface area contributed by atoms with E-state index in [2.05, 4.69) is 4.98 Å². The van der Waals surface area contributed by atoms with Crippen LogP contribution >= 0.6 is 0 Å². The van der Waals surface area contributed by atoms with Crippen LogP contribution < -0.4 is 10.5 Å². The first kappa shape index (κ1) is 21.3. The molecule has 0 saturated heterocycles. The molecule has 4 N–H and O–H groups in total. The molecule has 1 atom stereocenters. The molecule has 7 nitrogen and oxygen atoms in total. The van der Waals surface area contributed by atoms with Crippen molar-refractivity contribution in [1.82, 2.24) is 4.98 Å². The average Bonchev–Trinajstić information content (AvgIpc) is 2.70. The summed E-state index contributed by atoms with van der Waals surface area (Å²) >= 11 is 0. The number of carbonyl (C=O) groups is 1. The zero-order valence-electron chi connectivity index (χ0n) is 15.3. The fraction of sp³-hybridized carbons (Fsp3) is 0.200. The maximum absolute atomic E-state index is 13.3. The van der Waals surface area contributed by atoms with E-state index in [0.717, 1.165) is 11.0 Å². The third-order valence-electron chi connectivity index (χ3n) is 4.50. The number of pyridine rings is 1. The minimum Gasteiger partial charge on any atom is -0.465 e. The van der Waals surface area contributed by atoms with Crippen molar-refractivity contribution in [2.45, 2.75) is 12.3 Å². The summed E-state index contributed by atoms with van der Waals surface area (Å²) in [5, 5.41) is 28.2. The number of benzene rings is 2. The SMILES string of the molecule is O=C(O)N(C[C@@H](O)CO)c1ccc2cc(-c3ccccc3C(F)(F)F)[nH]c(=O)c2c1. The highest BCUT2D eigenvalue weighted by Gasteiger charge is 2.33. The summed E-state index contributed by atoms with van der Waals surface area (Å²) in [7, 11) is 0. The summed E-state index contributed by atoms with van der Waals surface area (Å²) in [4.78, 5) is 27.2. The van der Waals surface area contributed by atoms with Crippen LogP contribution in [0.3, 0.4) is 0 Å². The third kappa shape index (κ3) is 4.29. The van der Waals surface area contributed by atoms with Crippen LogP contribution in [0.1, 0.15) is 5.56 Å². The first-order valence-corrected chi connectivity index (χ1v) is 8.75. The van der Waals surface area contributed by atoms with Crippen LogP contribution in [-0.2, 0) is 6.18 Å². The normalized spacial score (nSPS) is 12.7. The maximum Gasteiger partial charge on any atom is 0.417 e. The average molecular weight is 422 g/mol. The van der Waals surface area contributed by atoms with E-state index < -0.39 is 42.6 Å². The second-order valence-electron chi connectivity index (χ2n) is 6.56. The molecule has 1 amide bonds. The second-order valence-corrected chi connectivity index (χ2v) is 6.56. The molecule has 1 heterocycles. The van der Waals surface area contributed by atoms with E-state index in [9.17, 15) is 33.0 Å². The standard InChI is InChI=1S/C20H17F3N2O5/c21-20(22,23)16-4-2-1-3-14(16)17-7-11-5-6-12(8-15(11)18(28)24-17)25(19(29)30)9-13(27)10-26/h1-8,13,26-27H,9-10H2,(H,24,28)(H,29,30)/t13-/m1/s1. The number of amides is 1. The van der Waals surface area contributed by atoms with E-state index in [1.807, 2.05) is 0 Å². The van der Waals surface area contributed by atoms with E-state index in [0.29, 0.717) is 5.39 Å². The van der Waals surface area contributed by atoms with Crippen LogP contribution in [0.4, 0.5) is 23.7 Å². The van der Waals surface area contributed by atoms with E-state index in [1.165, 1.54) is 42.5 Å². The van der Waals surface area contributed by atoms with Gasteiger partial charge in [0.1, 0.15) is 0 Å². The highest BCUT2D eigenvalue weighted by molar-refractivity contribution is 5.93. The molecule has 1 aromatic heterocycles. The number of aromatic amines is 1. The highest BCUT2D eigenvalue weighted by Crippen LogP contribution is 2.36. The zero-order chi connectivity index (χ0) is 22.1. The number of H-pyrrole nitrogens is 1. The van der Waals surface area contributed by atoms with Gasteiger partial charge in [-0.3, -0.25) is 9.69 Å². The molecule has 3 aromatic rings. The number of anilines is 1. The summed E-state index contributed by atoms with van der Waals surface area (Å²) in [6.45, 7) is -1.08. The molecule has 0 bridgehead atoms. The van der Waals surface area contributed by atoms with Crippen LogP contribution in [0.25, 0.3) is 22.0 Å². The number of aliphatic hydroxyl groups is 2. The summed E-state index contributed by atoms with van der Waals surface area (Å²) in [5.74, 6) is 0. The molecule has 0 aliphatic heterocycles. The number of aliphatic hydroxyl groups excluding tert-OH is 2. The number of aromatic nitrogens is 1. The molecule has 0 aliphatic rings. The molecule has 2 aromatic carbocycles. The molecule has 0 unspecified atom stereocenters. The van der Waals surface area contributed by atoms with Crippen molar-refractivity contribution in [2.24, 2.45) is 0 Å². The van der Waals surface area contributed by atoms with Crippen LogP contribution in [0.5, 0.6) is 0 Å². The van der Waals surface area contributed by atoms with E-state index in [1.54, 1.807) is 0 Å².